The van der Waals surface area contributed by atoms with Crippen molar-refractivity contribution in [1.29, 1.82) is 0 Å². The number of nitrogens with one attached hydrogen (secondary N) is 1. The Morgan fingerprint density at radius 3 is 2.41 bits per heavy atom. The van der Waals surface area contributed by atoms with Crippen LogP contribution < -0.4 is 11.1 Å². The van der Waals surface area contributed by atoms with Crippen molar-refractivity contribution in [2.75, 3.05) is 6.54 Å². The quantitative estimate of drug-likeness (QED) is 0.667. The summed E-state index contributed by atoms with van der Waals surface area (Å²) in [4.78, 5) is 22.9. The van der Waals surface area contributed by atoms with Crippen LogP contribution in [-0.4, -0.2) is 29.6 Å². The molecule has 1 fully saturated rings. The molecule has 0 saturated heterocycles. The summed E-state index contributed by atoms with van der Waals surface area (Å²) in [7, 11) is 0. The van der Waals surface area contributed by atoms with Crippen LogP contribution in [0.5, 0.6) is 0 Å². The van der Waals surface area contributed by atoms with E-state index in [1.54, 1.807) is 0 Å². The van der Waals surface area contributed by atoms with Crippen molar-refractivity contribution in [1.82, 2.24) is 5.32 Å². The first-order valence-corrected chi connectivity index (χ1v) is 6.28. The molecule has 0 aromatic heterocycles. The minimum Gasteiger partial charge on any atom is -0.481 e. The molecule has 4 N–H and O–H groups in total. The summed E-state index contributed by atoms with van der Waals surface area (Å²) >= 11 is 0. The number of nitrogens with two attached hydrogens (primary N) is 1. The average molecular weight is 242 g/mol. The molecule has 0 aromatic carbocycles. The molecule has 1 saturated carbocycles. The zero-order valence-electron chi connectivity index (χ0n) is 10.4. The van der Waals surface area contributed by atoms with Gasteiger partial charge in [-0.3, -0.25) is 9.59 Å². The molecule has 1 aliphatic carbocycles. The Kier molecular flexibility index (Phi) is 4.93. The maximum absolute atomic E-state index is 11.6. The van der Waals surface area contributed by atoms with Gasteiger partial charge in [0, 0.05) is 6.54 Å². The first-order chi connectivity index (χ1) is 8.02. The lowest BCUT2D eigenvalue weighted by Gasteiger charge is -2.33. The Labute approximate surface area is 102 Å². The van der Waals surface area contributed by atoms with Gasteiger partial charge in [0.05, 0.1) is 11.5 Å². The van der Waals surface area contributed by atoms with Crippen LogP contribution in [0.25, 0.3) is 0 Å². The first-order valence-electron chi connectivity index (χ1n) is 6.28. The van der Waals surface area contributed by atoms with Gasteiger partial charge in [-0.05, 0) is 19.3 Å². The smallest absolute Gasteiger partial charge is 0.311 e. The number of carboxylic acids is 1. The minimum absolute atomic E-state index is 0.203. The topological polar surface area (TPSA) is 92.4 Å². The number of hydrogen-bond acceptors (Lipinski definition) is 3. The monoisotopic (exact) mass is 242 g/mol. The fourth-order valence-corrected chi connectivity index (χ4v) is 2.27. The lowest BCUT2D eigenvalue weighted by Crippen LogP contribution is -2.48. The van der Waals surface area contributed by atoms with Crippen molar-refractivity contribution in [3.8, 4) is 0 Å². The van der Waals surface area contributed by atoms with E-state index in [4.69, 9.17) is 5.73 Å². The third-order valence-corrected chi connectivity index (χ3v) is 3.64. The van der Waals surface area contributed by atoms with Gasteiger partial charge in [-0.25, -0.2) is 0 Å². The highest BCUT2D eigenvalue weighted by atomic mass is 16.4. The fourth-order valence-electron chi connectivity index (χ4n) is 2.27. The van der Waals surface area contributed by atoms with Crippen LogP contribution in [0.15, 0.2) is 0 Å². The lowest BCUT2D eigenvalue weighted by atomic mass is 9.74. The molecule has 0 unspecified atom stereocenters. The Hall–Kier alpha value is -1.10. The molecule has 0 bridgehead atoms. The number of carbonyl (C=O) groups is 2. The molecule has 0 spiro atoms. The van der Waals surface area contributed by atoms with Gasteiger partial charge in [-0.15, -0.1) is 0 Å². The standard InChI is InChI=1S/C12H22N2O3/c1-2-9(13)10(15)14-8-12(11(16)17)6-4-3-5-7-12/h9H,2-8,13H2,1H3,(H,14,15)(H,16,17)/t9-/m0/s1. The van der Waals surface area contributed by atoms with E-state index in [0.29, 0.717) is 19.3 Å². The first kappa shape index (κ1) is 14.0. The van der Waals surface area contributed by atoms with E-state index >= 15 is 0 Å². The Bertz CT molecular complexity index is 285. The van der Waals surface area contributed by atoms with Crippen LogP contribution in [0.3, 0.4) is 0 Å². The minimum atomic E-state index is -0.803. The van der Waals surface area contributed by atoms with Gasteiger partial charge < -0.3 is 16.2 Å². The SMILES string of the molecule is CC[C@H](N)C(=O)NCC1(C(=O)O)CCCCC1. The van der Waals surface area contributed by atoms with Crippen LogP contribution in [0.1, 0.15) is 45.4 Å². The molecule has 0 heterocycles. The fraction of sp³-hybridized carbons (Fsp3) is 0.833. The van der Waals surface area contributed by atoms with Gasteiger partial charge in [0.2, 0.25) is 5.91 Å². The molecule has 0 radical (unpaired) electrons. The van der Waals surface area contributed by atoms with Crippen molar-refractivity contribution in [2.45, 2.75) is 51.5 Å². The lowest BCUT2D eigenvalue weighted by molar-refractivity contribution is -0.151. The molecule has 0 aliphatic heterocycles. The van der Waals surface area contributed by atoms with Crippen LogP contribution in [0, 0.1) is 5.41 Å². The molecule has 0 aromatic rings. The Balaban J connectivity index is 2.56. The molecule has 17 heavy (non-hydrogen) atoms. The van der Waals surface area contributed by atoms with Crippen molar-refractivity contribution >= 4 is 11.9 Å². The van der Waals surface area contributed by atoms with Crippen LogP contribution in [0.2, 0.25) is 0 Å². The number of amides is 1. The van der Waals surface area contributed by atoms with Gasteiger partial charge in [0.15, 0.2) is 0 Å². The van der Waals surface area contributed by atoms with Gasteiger partial charge in [-0.1, -0.05) is 26.2 Å². The maximum atomic E-state index is 11.6. The second-order valence-electron chi connectivity index (χ2n) is 4.88. The summed E-state index contributed by atoms with van der Waals surface area (Å²) < 4.78 is 0. The van der Waals surface area contributed by atoms with Gasteiger partial charge in [0.25, 0.3) is 0 Å². The maximum Gasteiger partial charge on any atom is 0.311 e. The summed E-state index contributed by atoms with van der Waals surface area (Å²) in [6, 6.07) is -0.538. The number of aliphatic carboxylic acids is 1. The molecule has 5 nitrogen and oxygen atoms in total. The number of hydrogen-bond donors (Lipinski definition) is 3. The van der Waals surface area contributed by atoms with E-state index in [2.05, 4.69) is 5.32 Å². The normalized spacial score (nSPS) is 20.6. The molecule has 1 atom stereocenters. The third kappa shape index (κ3) is 3.43. The van der Waals surface area contributed by atoms with Crippen LogP contribution >= 0.6 is 0 Å². The van der Waals surface area contributed by atoms with Crippen molar-refractivity contribution < 1.29 is 14.7 Å². The van der Waals surface area contributed by atoms with Gasteiger partial charge in [-0.2, -0.15) is 0 Å². The molecular formula is C12H22N2O3. The summed E-state index contributed by atoms with van der Waals surface area (Å²) in [5.41, 5.74) is 4.82. The van der Waals surface area contributed by atoms with Crippen molar-refractivity contribution in [3.63, 3.8) is 0 Å². The summed E-state index contributed by atoms with van der Waals surface area (Å²) in [5.74, 6) is -1.05. The second-order valence-corrected chi connectivity index (χ2v) is 4.88. The van der Waals surface area contributed by atoms with Crippen molar-refractivity contribution in [2.24, 2.45) is 11.1 Å². The molecule has 5 heteroatoms. The van der Waals surface area contributed by atoms with E-state index in [-0.39, 0.29) is 12.5 Å². The molecule has 98 valence electrons. The average Bonchev–Trinajstić information content (AvgIpc) is 2.35. The molecule has 1 amide bonds. The highest BCUT2D eigenvalue weighted by Crippen LogP contribution is 2.35. The third-order valence-electron chi connectivity index (χ3n) is 3.64. The van der Waals surface area contributed by atoms with Crippen molar-refractivity contribution in [3.05, 3.63) is 0 Å². The van der Waals surface area contributed by atoms with E-state index in [1.165, 1.54) is 0 Å². The van der Waals surface area contributed by atoms with Crippen LogP contribution in [0.4, 0.5) is 0 Å². The van der Waals surface area contributed by atoms with Gasteiger partial charge in [0.1, 0.15) is 0 Å². The zero-order valence-corrected chi connectivity index (χ0v) is 10.4. The Morgan fingerprint density at radius 1 is 1.35 bits per heavy atom. The van der Waals surface area contributed by atoms with E-state index in [0.717, 1.165) is 19.3 Å². The largest absolute Gasteiger partial charge is 0.481 e. The number of carbonyl (C=O) groups excluding carboxylic acids is 1. The van der Waals surface area contributed by atoms with Crippen LogP contribution in [-0.2, 0) is 9.59 Å². The predicted octanol–water partition coefficient (Wildman–Crippen LogP) is 0.875. The summed E-state index contributed by atoms with van der Waals surface area (Å²) in [5, 5.41) is 12.0. The highest BCUT2D eigenvalue weighted by Gasteiger charge is 2.39. The molecular weight excluding hydrogens is 220 g/mol. The number of carboxylic acid groups (broad SMARTS) is 1. The second kappa shape index (κ2) is 6.00. The van der Waals surface area contributed by atoms with E-state index in [9.17, 15) is 14.7 Å². The van der Waals surface area contributed by atoms with E-state index < -0.39 is 17.4 Å². The molecule has 1 rings (SSSR count). The zero-order chi connectivity index (χ0) is 12.9. The number of rotatable bonds is 5. The van der Waals surface area contributed by atoms with Gasteiger partial charge >= 0.3 is 5.97 Å². The highest BCUT2D eigenvalue weighted by molar-refractivity contribution is 5.82. The van der Waals surface area contributed by atoms with E-state index in [1.807, 2.05) is 6.92 Å². The predicted molar refractivity (Wildman–Crippen MR) is 64.4 cm³/mol. The molecule has 1 aliphatic rings. The Morgan fingerprint density at radius 2 is 1.94 bits per heavy atom. The summed E-state index contributed by atoms with van der Waals surface area (Å²) in [6.45, 7) is 2.03. The summed E-state index contributed by atoms with van der Waals surface area (Å²) in [6.07, 6.45) is 4.77.